The Morgan fingerprint density at radius 1 is 1.50 bits per heavy atom. The topological polar surface area (TPSA) is 53.6 Å². The first-order chi connectivity index (χ1) is 9.66. The molecule has 1 fully saturated rings. The van der Waals surface area contributed by atoms with E-state index in [1.807, 2.05) is 49.2 Å². The van der Waals surface area contributed by atoms with Crippen molar-refractivity contribution in [2.75, 3.05) is 38.6 Å². The fourth-order valence-corrected chi connectivity index (χ4v) is 2.18. The van der Waals surface area contributed by atoms with Crippen LogP contribution in [0, 0.1) is 0 Å². The van der Waals surface area contributed by atoms with E-state index in [0.717, 1.165) is 31.9 Å². The van der Waals surface area contributed by atoms with E-state index in [-0.39, 0.29) is 18.1 Å². The SMILES string of the molecule is CC(C(=O)Nc1ccccc1)N(C)CC1CNCCO1. The summed E-state index contributed by atoms with van der Waals surface area (Å²) < 4.78 is 5.66. The van der Waals surface area contributed by atoms with Crippen molar-refractivity contribution in [1.29, 1.82) is 0 Å². The maximum Gasteiger partial charge on any atom is 0.241 e. The van der Waals surface area contributed by atoms with Crippen LogP contribution in [-0.2, 0) is 9.53 Å². The third kappa shape index (κ3) is 4.30. The number of amides is 1. The molecule has 2 N–H and O–H groups in total. The van der Waals surface area contributed by atoms with Crippen LogP contribution in [0.4, 0.5) is 5.69 Å². The van der Waals surface area contributed by atoms with Crippen molar-refractivity contribution in [3.05, 3.63) is 30.3 Å². The van der Waals surface area contributed by atoms with Gasteiger partial charge < -0.3 is 15.4 Å². The van der Waals surface area contributed by atoms with Crippen LogP contribution in [-0.4, -0.2) is 56.2 Å². The maximum atomic E-state index is 12.2. The van der Waals surface area contributed by atoms with Crippen LogP contribution in [0.15, 0.2) is 30.3 Å². The number of ether oxygens (including phenoxy) is 1. The molecule has 2 rings (SSSR count). The lowest BCUT2D eigenvalue weighted by Gasteiger charge is -2.30. The van der Waals surface area contributed by atoms with Gasteiger partial charge in [-0.15, -0.1) is 0 Å². The van der Waals surface area contributed by atoms with Crippen molar-refractivity contribution < 1.29 is 9.53 Å². The second-order valence-electron chi connectivity index (χ2n) is 5.17. The van der Waals surface area contributed by atoms with Gasteiger partial charge in [-0.2, -0.15) is 0 Å². The first-order valence-electron chi connectivity index (χ1n) is 7.05. The van der Waals surface area contributed by atoms with Gasteiger partial charge in [-0.1, -0.05) is 18.2 Å². The van der Waals surface area contributed by atoms with E-state index in [4.69, 9.17) is 4.74 Å². The molecule has 0 spiro atoms. The van der Waals surface area contributed by atoms with Crippen LogP contribution in [0.1, 0.15) is 6.92 Å². The predicted molar refractivity (Wildman–Crippen MR) is 79.8 cm³/mol. The summed E-state index contributed by atoms with van der Waals surface area (Å²) in [5.74, 6) is 0.00229. The number of benzene rings is 1. The van der Waals surface area contributed by atoms with E-state index in [2.05, 4.69) is 10.6 Å². The summed E-state index contributed by atoms with van der Waals surface area (Å²) in [5, 5.41) is 6.22. The molecule has 1 aromatic rings. The lowest BCUT2D eigenvalue weighted by Crippen LogP contribution is -2.48. The molecule has 0 aromatic heterocycles. The van der Waals surface area contributed by atoms with Crippen LogP contribution in [0.5, 0.6) is 0 Å². The summed E-state index contributed by atoms with van der Waals surface area (Å²) >= 11 is 0. The summed E-state index contributed by atoms with van der Waals surface area (Å²) in [7, 11) is 1.95. The van der Waals surface area contributed by atoms with Gasteiger partial charge >= 0.3 is 0 Å². The minimum Gasteiger partial charge on any atom is -0.374 e. The van der Waals surface area contributed by atoms with Crippen molar-refractivity contribution >= 4 is 11.6 Å². The molecule has 110 valence electrons. The molecule has 1 aliphatic rings. The Labute approximate surface area is 120 Å². The van der Waals surface area contributed by atoms with Crippen molar-refractivity contribution in [3.63, 3.8) is 0 Å². The Morgan fingerprint density at radius 2 is 2.25 bits per heavy atom. The molecule has 0 bridgehead atoms. The lowest BCUT2D eigenvalue weighted by atomic mass is 10.2. The Balaban J connectivity index is 1.82. The van der Waals surface area contributed by atoms with Crippen LogP contribution in [0.3, 0.4) is 0 Å². The summed E-state index contributed by atoms with van der Waals surface area (Å²) in [6, 6.07) is 9.33. The van der Waals surface area contributed by atoms with Crippen LogP contribution < -0.4 is 10.6 Å². The van der Waals surface area contributed by atoms with Gasteiger partial charge in [0, 0.05) is 25.3 Å². The number of anilines is 1. The number of hydrogen-bond acceptors (Lipinski definition) is 4. The molecule has 1 aliphatic heterocycles. The second kappa shape index (κ2) is 7.38. The molecule has 1 heterocycles. The number of morpholine rings is 1. The number of para-hydroxylation sites is 1. The van der Waals surface area contributed by atoms with Gasteiger partial charge in [0.15, 0.2) is 0 Å². The van der Waals surface area contributed by atoms with Gasteiger partial charge in [0.25, 0.3) is 0 Å². The normalized spacial score (nSPS) is 20.6. The number of carbonyl (C=O) groups excluding carboxylic acids is 1. The molecule has 0 radical (unpaired) electrons. The number of rotatable bonds is 5. The molecule has 5 heteroatoms. The highest BCUT2D eigenvalue weighted by molar-refractivity contribution is 5.94. The summed E-state index contributed by atoms with van der Waals surface area (Å²) in [6.07, 6.45) is 0.153. The number of nitrogens with zero attached hydrogens (tertiary/aromatic N) is 1. The summed E-state index contributed by atoms with van der Waals surface area (Å²) in [6.45, 7) is 5.15. The average molecular weight is 277 g/mol. The first-order valence-corrected chi connectivity index (χ1v) is 7.05. The van der Waals surface area contributed by atoms with Crippen molar-refractivity contribution in [2.45, 2.75) is 19.1 Å². The molecule has 20 heavy (non-hydrogen) atoms. The zero-order valence-corrected chi connectivity index (χ0v) is 12.1. The molecule has 1 saturated heterocycles. The van der Waals surface area contributed by atoms with Crippen molar-refractivity contribution in [1.82, 2.24) is 10.2 Å². The van der Waals surface area contributed by atoms with Crippen LogP contribution >= 0.6 is 0 Å². The summed E-state index contributed by atoms with van der Waals surface area (Å²) in [4.78, 5) is 14.2. The van der Waals surface area contributed by atoms with E-state index in [1.54, 1.807) is 0 Å². The van der Waals surface area contributed by atoms with Gasteiger partial charge in [0.2, 0.25) is 5.91 Å². The number of nitrogens with one attached hydrogen (secondary N) is 2. The molecule has 0 aliphatic carbocycles. The number of carbonyl (C=O) groups is 1. The van der Waals surface area contributed by atoms with E-state index >= 15 is 0 Å². The molecular formula is C15H23N3O2. The van der Waals surface area contributed by atoms with Gasteiger partial charge in [0.05, 0.1) is 18.8 Å². The van der Waals surface area contributed by atoms with Gasteiger partial charge in [0.1, 0.15) is 0 Å². The molecule has 1 amide bonds. The Bertz CT molecular complexity index is 418. The molecule has 5 nitrogen and oxygen atoms in total. The van der Waals surface area contributed by atoms with Crippen molar-refractivity contribution in [3.8, 4) is 0 Å². The highest BCUT2D eigenvalue weighted by Crippen LogP contribution is 2.08. The molecule has 1 aromatic carbocycles. The monoisotopic (exact) mass is 277 g/mol. The van der Waals surface area contributed by atoms with E-state index < -0.39 is 0 Å². The average Bonchev–Trinajstić information content (AvgIpc) is 2.48. The van der Waals surface area contributed by atoms with E-state index in [0.29, 0.717) is 0 Å². The quantitative estimate of drug-likeness (QED) is 0.841. The first kappa shape index (κ1) is 15.0. The lowest BCUT2D eigenvalue weighted by molar-refractivity contribution is -0.121. The smallest absolute Gasteiger partial charge is 0.241 e. The summed E-state index contributed by atoms with van der Waals surface area (Å²) in [5.41, 5.74) is 0.827. The fourth-order valence-electron chi connectivity index (χ4n) is 2.18. The minimum atomic E-state index is -0.194. The third-order valence-corrected chi connectivity index (χ3v) is 3.58. The fraction of sp³-hybridized carbons (Fsp3) is 0.533. The molecule has 2 unspecified atom stereocenters. The largest absolute Gasteiger partial charge is 0.374 e. The van der Waals surface area contributed by atoms with Gasteiger partial charge in [-0.3, -0.25) is 9.69 Å². The van der Waals surface area contributed by atoms with Crippen LogP contribution in [0.2, 0.25) is 0 Å². The maximum absolute atomic E-state index is 12.2. The predicted octanol–water partition coefficient (Wildman–Crippen LogP) is 0.934. The minimum absolute atomic E-state index is 0.00229. The number of hydrogen-bond donors (Lipinski definition) is 2. The molecular weight excluding hydrogens is 254 g/mol. The highest BCUT2D eigenvalue weighted by Gasteiger charge is 2.22. The Hall–Kier alpha value is -1.43. The molecule has 2 atom stereocenters. The third-order valence-electron chi connectivity index (χ3n) is 3.58. The Morgan fingerprint density at radius 3 is 2.90 bits per heavy atom. The Kier molecular flexibility index (Phi) is 5.52. The van der Waals surface area contributed by atoms with Gasteiger partial charge in [-0.25, -0.2) is 0 Å². The van der Waals surface area contributed by atoms with E-state index in [1.165, 1.54) is 0 Å². The van der Waals surface area contributed by atoms with Crippen LogP contribution in [0.25, 0.3) is 0 Å². The zero-order valence-electron chi connectivity index (χ0n) is 12.1. The second-order valence-corrected chi connectivity index (χ2v) is 5.17. The standard InChI is InChI=1S/C15H23N3O2/c1-12(15(19)17-13-6-4-3-5-7-13)18(2)11-14-10-16-8-9-20-14/h3-7,12,14,16H,8-11H2,1-2H3,(H,17,19). The van der Waals surface area contributed by atoms with Crippen molar-refractivity contribution in [2.24, 2.45) is 0 Å². The van der Waals surface area contributed by atoms with E-state index in [9.17, 15) is 4.79 Å². The molecule has 0 saturated carbocycles. The zero-order chi connectivity index (χ0) is 14.4. The highest BCUT2D eigenvalue weighted by atomic mass is 16.5. The number of likely N-dealkylation sites (N-methyl/N-ethyl adjacent to an activating group) is 1. The van der Waals surface area contributed by atoms with Gasteiger partial charge in [-0.05, 0) is 26.1 Å².